The molecule has 0 radical (unpaired) electrons. The van der Waals surface area contributed by atoms with Crippen LogP contribution in [0.5, 0.6) is 11.8 Å². The van der Waals surface area contributed by atoms with Gasteiger partial charge in [-0.15, -0.1) is 0 Å². The molecule has 1 saturated carbocycles. The number of nitrogens with zero attached hydrogens (tertiary/aromatic N) is 4. The van der Waals surface area contributed by atoms with Gasteiger partial charge in [0.1, 0.15) is 12.4 Å². The smallest absolute Gasteiger partial charge is 0.354 e. The lowest BCUT2D eigenvalue weighted by Crippen LogP contribution is -2.31. The average molecular weight is 417 g/mol. The van der Waals surface area contributed by atoms with Crippen molar-refractivity contribution >= 4 is 5.70 Å². The molecule has 3 rings (SSSR count). The number of aryl methyl sites for hydroxylation is 2. The molecule has 1 aliphatic carbocycles. The first-order valence-electron chi connectivity index (χ1n) is 10.5. The van der Waals surface area contributed by atoms with Gasteiger partial charge < -0.3 is 24.7 Å². The Hall–Kier alpha value is -2.81. The van der Waals surface area contributed by atoms with E-state index >= 15 is 0 Å². The van der Waals surface area contributed by atoms with Crippen molar-refractivity contribution < 1.29 is 14.0 Å². The lowest BCUT2D eigenvalue weighted by atomic mass is 9.98. The van der Waals surface area contributed by atoms with Gasteiger partial charge in [0.25, 0.3) is 0 Å². The first-order chi connectivity index (χ1) is 14.5. The summed E-state index contributed by atoms with van der Waals surface area (Å²) in [5, 5.41) is 5.22. The van der Waals surface area contributed by atoms with Gasteiger partial charge in [0, 0.05) is 13.5 Å². The number of likely N-dealkylation sites (N-methyl/N-ethyl adjacent to an activating group) is 1. The molecule has 2 aromatic heterocycles. The topological polar surface area (TPSA) is 126 Å². The van der Waals surface area contributed by atoms with Gasteiger partial charge in [-0.05, 0) is 56.3 Å². The minimum Gasteiger partial charge on any atom is -0.489 e. The summed E-state index contributed by atoms with van der Waals surface area (Å²) in [4.78, 5) is 8.82. The van der Waals surface area contributed by atoms with Crippen molar-refractivity contribution in [1.82, 2.24) is 20.1 Å². The van der Waals surface area contributed by atoms with Gasteiger partial charge >= 0.3 is 6.01 Å². The van der Waals surface area contributed by atoms with Crippen molar-refractivity contribution in [1.29, 1.82) is 0 Å². The molecule has 0 aliphatic heterocycles. The molecule has 0 bridgehead atoms. The third kappa shape index (κ3) is 5.63. The molecule has 30 heavy (non-hydrogen) atoms. The van der Waals surface area contributed by atoms with Crippen LogP contribution in [0, 0.1) is 6.92 Å². The van der Waals surface area contributed by atoms with Crippen molar-refractivity contribution in [3.63, 3.8) is 0 Å². The largest absolute Gasteiger partial charge is 0.489 e. The molecule has 0 spiro atoms. The number of rotatable bonds is 9. The molecule has 0 saturated heterocycles. The van der Waals surface area contributed by atoms with E-state index < -0.39 is 0 Å². The minimum absolute atomic E-state index is 0.0883. The predicted molar refractivity (Wildman–Crippen MR) is 113 cm³/mol. The summed E-state index contributed by atoms with van der Waals surface area (Å²) in [5.41, 5.74) is 8.76. The van der Waals surface area contributed by atoms with Crippen LogP contribution in [-0.2, 0) is 6.42 Å². The highest BCUT2D eigenvalue weighted by Gasteiger charge is 2.18. The summed E-state index contributed by atoms with van der Waals surface area (Å²) in [6.07, 6.45) is 7.81. The summed E-state index contributed by atoms with van der Waals surface area (Å²) in [6.45, 7) is 4.05. The average Bonchev–Trinajstić information content (AvgIpc) is 3.18. The molecule has 4 N–H and O–H groups in total. The Bertz CT molecular complexity index is 858. The zero-order valence-electron chi connectivity index (χ0n) is 18.1. The quantitative estimate of drug-likeness (QED) is 0.468. The first-order valence-corrected chi connectivity index (χ1v) is 10.5. The van der Waals surface area contributed by atoms with E-state index in [-0.39, 0.29) is 18.7 Å². The van der Waals surface area contributed by atoms with E-state index in [2.05, 4.69) is 15.1 Å². The molecular formula is C21H32N6O3. The summed E-state index contributed by atoms with van der Waals surface area (Å²) in [5.74, 6) is 7.32. The van der Waals surface area contributed by atoms with Gasteiger partial charge in [-0.3, -0.25) is 0 Å². The fraction of sp³-hybridized carbons (Fsp3) is 0.571. The van der Waals surface area contributed by atoms with Gasteiger partial charge in [0.15, 0.2) is 0 Å². The summed E-state index contributed by atoms with van der Waals surface area (Å²) >= 11 is 0. The van der Waals surface area contributed by atoms with E-state index in [4.69, 9.17) is 25.6 Å². The number of hydrogen-bond donors (Lipinski definition) is 2. The van der Waals surface area contributed by atoms with E-state index in [1.165, 1.54) is 24.3 Å². The van der Waals surface area contributed by atoms with Crippen molar-refractivity contribution in [3.05, 3.63) is 35.1 Å². The Labute approximate surface area is 177 Å². The maximum atomic E-state index is 6.37. The van der Waals surface area contributed by atoms with Crippen LogP contribution in [0.25, 0.3) is 5.70 Å². The fourth-order valence-electron chi connectivity index (χ4n) is 3.45. The molecule has 9 heteroatoms. The normalized spacial score (nSPS) is 15.6. The molecule has 1 fully saturated rings. The third-order valence-corrected chi connectivity index (χ3v) is 5.15. The molecule has 0 atom stereocenters. The van der Waals surface area contributed by atoms with Crippen molar-refractivity contribution in [3.8, 4) is 11.8 Å². The van der Waals surface area contributed by atoms with E-state index in [1.807, 2.05) is 26.0 Å². The molecule has 0 unspecified atom stereocenters. The third-order valence-electron chi connectivity index (χ3n) is 5.15. The van der Waals surface area contributed by atoms with Crippen LogP contribution < -0.4 is 21.1 Å². The zero-order valence-corrected chi connectivity index (χ0v) is 18.1. The van der Waals surface area contributed by atoms with E-state index in [9.17, 15) is 0 Å². The maximum absolute atomic E-state index is 6.37. The molecule has 2 heterocycles. The number of hydrazine groups is 1. The SMILES string of the molecule is CCCc1nc(OC/C(=C(/N)c2ccc(OC3CCCCC3)c(C)n2)N(C)N)no1. The zero-order chi connectivity index (χ0) is 21.5. The molecule has 0 amide bonds. The lowest BCUT2D eigenvalue weighted by Gasteiger charge is -2.24. The van der Waals surface area contributed by atoms with E-state index in [1.54, 1.807) is 7.05 Å². The van der Waals surface area contributed by atoms with Crippen molar-refractivity contribution in [2.45, 2.75) is 64.9 Å². The number of hydrogen-bond acceptors (Lipinski definition) is 9. The van der Waals surface area contributed by atoms with Crippen molar-refractivity contribution in [2.75, 3.05) is 13.7 Å². The van der Waals surface area contributed by atoms with E-state index in [0.29, 0.717) is 29.4 Å². The minimum atomic E-state index is 0.0883. The fourth-order valence-corrected chi connectivity index (χ4v) is 3.45. The molecule has 0 aromatic carbocycles. The Kier molecular flexibility index (Phi) is 7.51. The van der Waals surface area contributed by atoms with Gasteiger partial charge in [-0.2, -0.15) is 4.98 Å². The second-order valence-corrected chi connectivity index (χ2v) is 7.64. The first kappa shape index (κ1) is 21.9. The predicted octanol–water partition coefficient (Wildman–Crippen LogP) is 2.95. The standard InChI is InChI=1S/C21H32N6O3/c1-4-8-19-25-21(26-30-19)28-13-17(27(3)23)20(22)16-11-12-18(14(2)24-16)29-15-9-6-5-7-10-15/h11-12,15H,4-10,13,22-23H2,1-3H3/b20-17-. The number of ether oxygens (including phenoxy) is 2. The second kappa shape index (κ2) is 10.3. The molecule has 9 nitrogen and oxygen atoms in total. The highest BCUT2D eigenvalue weighted by Crippen LogP contribution is 2.26. The highest BCUT2D eigenvalue weighted by atomic mass is 16.6. The molecule has 164 valence electrons. The van der Waals surface area contributed by atoms with Crippen LogP contribution in [0.2, 0.25) is 0 Å². The molecule has 2 aromatic rings. The molecule has 1 aliphatic rings. The van der Waals surface area contributed by atoms with Crippen LogP contribution in [-0.4, -0.2) is 39.9 Å². The maximum Gasteiger partial charge on any atom is 0.354 e. The van der Waals surface area contributed by atoms with Crippen LogP contribution >= 0.6 is 0 Å². The lowest BCUT2D eigenvalue weighted by molar-refractivity contribution is 0.153. The molecular weight excluding hydrogens is 384 g/mol. The van der Waals surface area contributed by atoms with Gasteiger partial charge in [0.2, 0.25) is 5.89 Å². The van der Waals surface area contributed by atoms with Gasteiger partial charge in [0.05, 0.1) is 28.9 Å². The monoisotopic (exact) mass is 416 g/mol. The van der Waals surface area contributed by atoms with Crippen LogP contribution in [0.15, 0.2) is 22.4 Å². The number of nitrogens with two attached hydrogens (primary N) is 2. The van der Waals surface area contributed by atoms with Gasteiger partial charge in [-0.25, -0.2) is 10.8 Å². The van der Waals surface area contributed by atoms with Crippen molar-refractivity contribution in [2.24, 2.45) is 11.6 Å². The summed E-state index contributed by atoms with van der Waals surface area (Å²) < 4.78 is 16.9. The summed E-state index contributed by atoms with van der Waals surface area (Å²) in [7, 11) is 1.69. The van der Waals surface area contributed by atoms with Crippen LogP contribution in [0.3, 0.4) is 0 Å². The second-order valence-electron chi connectivity index (χ2n) is 7.64. The highest BCUT2D eigenvalue weighted by molar-refractivity contribution is 5.63. The van der Waals surface area contributed by atoms with E-state index in [0.717, 1.165) is 30.7 Å². The Balaban J connectivity index is 1.72. The van der Waals surface area contributed by atoms with Gasteiger partial charge in [-0.1, -0.05) is 13.3 Å². The number of aromatic nitrogens is 3. The Morgan fingerprint density at radius 3 is 2.67 bits per heavy atom. The van der Waals surface area contributed by atoms with Crippen LogP contribution in [0.4, 0.5) is 0 Å². The Morgan fingerprint density at radius 2 is 2.00 bits per heavy atom. The number of pyridine rings is 1. The summed E-state index contributed by atoms with van der Waals surface area (Å²) in [6, 6.07) is 3.92. The Morgan fingerprint density at radius 1 is 1.23 bits per heavy atom. The van der Waals surface area contributed by atoms with Crippen LogP contribution in [0.1, 0.15) is 62.7 Å².